The third kappa shape index (κ3) is 9.99. The zero-order chi connectivity index (χ0) is 39.0. The maximum atomic E-state index is 12.8. The molecular weight excluding hydrogens is 815 g/mol. The number of ether oxygens (including phenoxy) is 4. The van der Waals surface area contributed by atoms with Crippen LogP contribution in [0, 0.1) is 5.92 Å². The number of esters is 1. The number of aliphatic hydroxyl groups excluding tert-OH is 1. The number of anilines is 3. The molecule has 0 amide bonds. The van der Waals surface area contributed by atoms with Gasteiger partial charge in [0.25, 0.3) is 0 Å². The van der Waals surface area contributed by atoms with Gasteiger partial charge in [-0.25, -0.2) is 0 Å². The van der Waals surface area contributed by atoms with E-state index in [0.29, 0.717) is 79.8 Å². The molecule has 57 heavy (non-hydrogen) atoms. The molecule has 5 unspecified atom stereocenters. The van der Waals surface area contributed by atoms with Gasteiger partial charge in [0, 0.05) is 59.1 Å². The number of hydrogen-bond acceptors (Lipinski definition) is 17. The summed E-state index contributed by atoms with van der Waals surface area (Å²) in [5.41, 5.74) is 2.83. The molecule has 6 aliphatic heterocycles. The molecule has 22 heteroatoms. The third-order valence-electron chi connectivity index (χ3n) is 9.87. The van der Waals surface area contributed by atoms with Crippen molar-refractivity contribution >= 4 is 77.8 Å². The Labute approximate surface area is 369 Å². The van der Waals surface area contributed by atoms with Crippen LogP contribution in [0.15, 0.2) is 18.2 Å². The third-order valence-corrected chi connectivity index (χ3v) is 10.4. The van der Waals surface area contributed by atoms with Crippen LogP contribution in [0.25, 0.3) is 0 Å². The van der Waals surface area contributed by atoms with E-state index >= 15 is 0 Å². The molecule has 0 aliphatic carbocycles. The summed E-state index contributed by atoms with van der Waals surface area (Å²) in [5, 5.41) is 33.8. The summed E-state index contributed by atoms with van der Waals surface area (Å²) in [6.45, 7) is 10.8. The molecule has 5 atom stereocenters. The van der Waals surface area contributed by atoms with Crippen molar-refractivity contribution < 1.29 is 69.4 Å². The van der Waals surface area contributed by atoms with Gasteiger partial charge in [-0.15, -0.1) is 30.6 Å². The molecule has 0 aromatic carbocycles. The Bertz CT molecular complexity index is 1980. The summed E-state index contributed by atoms with van der Waals surface area (Å²) in [7, 11) is 0. The van der Waals surface area contributed by atoms with E-state index in [-0.39, 0.29) is 74.7 Å². The minimum absolute atomic E-state index is 0. The molecule has 6 aliphatic rings. The Morgan fingerprint density at radius 2 is 1.28 bits per heavy atom. The first-order chi connectivity index (χ1) is 26.3. The maximum Gasteiger partial charge on any atom is 1.00 e. The van der Waals surface area contributed by atoms with Gasteiger partial charge in [0.1, 0.15) is 23.3 Å². The van der Waals surface area contributed by atoms with Gasteiger partial charge in [0.05, 0.1) is 74.8 Å². The van der Waals surface area contributed by atoms with Crippen LogP contribution >= 0.6 is 34.8 Å². The van der Waals surface area contributed by atoms with Crippen molar-refractivity contribution in [2.45, 2.75) is 63.4 Å². The van der Waals surface area contributed by atoms with Crippen molar-refractivity contribution in [1.29, 1.82) is 0 Å². The molecule has 1 N–H and O–H groups in total. The number of rotatable bonds is 1. The van der Waals surface area contributed by atoms with E-state index in [9.17, 15) is 19.5 Å². The van der Waals surface area contributed by atoms with E-state index in [1.807, 2.05) is 4.90 Å². The normalized spacial score (nSPS) is 24.4. The van der Waals surface area contributed by atoms with Gasteiger partial charge in [0.2, 0.25) is 5.78 Å². The van der Waals surface area contributed by atoms with E-state index in [1.165, 1.54) is 0 Å². The molecule has 0 saturated carbocycles. The van der Waals surface area contributed by atoms with E-state index in [4.69, 9.17) is 53.8 Å². The fraction of sp³-hybridized carbons (Fsp3) is 0.571. The standard InChI is InChI=1S/C15H18ClN3O4.C10H12ClN3O2.C10H10ClN3O2.B.Na.H/c1-15(2,3)23-14(21)11-9-7-22-5-4-19(9)8-6-10(16)17-18-12(8)13(11)20;2*11-9-4-7-10(13-12-9)8(15)3-6-5-16-2-1-14(6)7;;;/h6,9,11H,4-5,7H2,1-3H3;4,6,8,15H,1-3,5H2;4,6H,1-3,5H2;;;/q;;;;+1;-1. The topological polar surface area (TPSA) is 195 Å². The summed E-state index contributed by atoms with van der Waals surface area (Å²) in [6.07, 6.45) is 0.523. The van der Waals surface area contributed by atoms with Crippen molar-refractivity contribution in [2.24, 2.45) is 5.92 Å². The molecule has 0 bridgehead atoms. The second-order valence-corrected chi connectivity index (χ2v) is 15.8. The van der Waals surface area contributed by atoms with Crippen LogP contribution in [0.4, 0.5) is 17.1 Å². The number of carbonyl (C=O) groups is 3. The molecule has 3 radical (unpaired) electrons. The number of ketones is 2. The Balaban J connectivity index is 0.000000192. The summed E-state index contributed by atoms with van der Waals surface area (Å²) in [6, 6.07) is 5.00. The van der Waals surface area contributed by atoms with Gasteiger partial charge < -0.3 is 40.2 Å². The van der Waals surface area contributed by atoms with Crippen molar-refractivity contribution in [1.82, 2.24) is 30.6 Å². The smallest absolute Gasteiger partial charge is 1.00 e. The number of fused-ring (bicyclic) bond motifs is 9. The van der Waals surface area contributed by atoms with Gasteiger partial charge in [0.15, 0.2) is 32.6 Å². The summed E-state index contributed by atoms with van der Waals surface area (Å²) >= 11 is 17.6. The molecule has 0 spiro atoms. The Morgan fingerprint density at radius 3 is 1.91 bits per heavy atom. The van der Waals surface area contributed by atoms with Gasteiger partial charge >= 0.3 is 35.5 Å². The summed E-state index contributed by atoms with van der Waals surface area (Å²) < 4.78 is 21.7. The maximum absolute atomic E-state index is 12.8. The van der Waals surface area contributed by atoms with Crippen LogP contribution in [-0.4, -0.2) is 145 Å². The molecular formula is C35H41BCl3N9NaO8. The van der Waals surface area contributed by atoms with Crippen LogP contribution in [0.1, 0.15) is 67.8 Å². The van der Waals surface area contributed by atoms with Crippen molar-refractivity contribution in [2.75, 3.05) is 74.0 Å². The number of aromatic nitrogens is 6. The van der Waals surface area contributed by atoms with Crippen molar-refractivity contribution in [3.63, 3.8) is 0 Å². The molecule has 9 rings (SSSR count). The predicted octanol–water partition coefficient (Wildman–Crippen LogP) is -0.0810. The van der Waals surface area contributed by atoms with E-state index in [1.54, 1.807) is 39.0 Å². The SMILES string of the molecule is CC(C)(C)OC(=O)C1C(=O)c2nnc(Cl)cc2N2CCOCC12.O=C1CC2COCCN2c2cc(Cl)nnc21.OC1CC2COCCN2c2cc(Cl)nnc21.[B].[H-].[Na+]. The predicted molar refractivity (Wildman–Crippen MR) is 206 cm³/mol. The molecule has 299 valence electrons. The molecule has 3 fully saturated rings. The average molecular weight is 856 g/mol. The van der Waals surface area contributed by atoms with Crippen LogP contribution < -0.4 is 44.3 Å². The number of halogens is 3. The van der Waals surface area contributed by atoms with Gasteiger partial charge in [-0.05, 0) is 20.8 Å². The molecule has 17 nitrogen and oxygen atoms in total. The zero-order valence-electron chi connectivity index (χ0n) is 32.9. The summed E-state index contributed by atoms with van der Waals surface area (Å²) in [5.74, 6) is -1.92. The fourth-order valence-corrected chi connectivity index (χ4v) is 7.93. The number of morpholine rings is 3. The van der Waals surface area contributed by atoms with Crippen LogP contribution in [-0.2, 0) is 23.7 Å². The first-order valence-corrected chi connectivity index (χ1v) is 19.0. The van der Waals surface area contributed by atoms with Crippen LogP contribution in [0.5, 0.6) is 0 Å². The Hall–Kier alpha value is -2.78. The molecule has 3 saturated heterocycles. The molecule has 3 aromatic rings. The second kappa shape index (κ2) is 19.1. The summed E-state index contributed by atoms with van der Waals surface area (Å²) in [4.78, 5) is 43.4. The van der Waals surface area contributed by atoms with Crippen molar-refractivity contribution in [3.8, 4) is 0 Å². The quantitative estimate of drug-likeness (QED) is 0.194. The zero-order valence-corrected chi connectivity index (χ0v) is 36.2. The first-order valence-electron chi connectivity index (χ1n) is 17.9. The first kappa shape index (κ1) is 45.3. The Morgan fingerprint density at radius 1 is 0.772 bits per heavy atom. The number of hydrogen-bond donors (Lipinski definition) is 1. The van der Waals surface area contributed by atoms with E-state index in [2.05, 4.69) is 40.4 Å². The van der Waals surface area contributed by atoms with Gasteiger partial charge in [-0.3, -0.25) is 14.4 Å². The number of carbonyl (C=O) groups excluding carboxylic acids is 3. The average Bonchev–Trinajstić information content (AvgIpc) is 3.15. The van der Waals surface area contributed by atoms with E-state index < -0.39 is 35.4 Å². The molecule has 9 heterocycles. The van der Waals surface area contributed by atoms with Crippen molar-refractivity contribution in [3.05, 3.63) is 50.7 Å². The molecule has 3 aromatic heterocycles. The Kier molecular flexibility index (Phi) is 15.2. The van der Waals surface area contributed by atoms with Crippen LogP contribution in [0.2, 0.25) is 15.5 Å². The van der Waals surface area contributed by atoms with Gasteiger partial charge in [-0.2, -0.15) is 0 Å². The van der Waals surface area contributed by atoms with Crippen LogP contribution in [0.3, 0.4) is 0 Å². The van der Waals surface area contributed by atoms with Gasteiger partial charge in [-0.1, -0.05) is 34.8 Å². The largest absolute Gasteiger partial charge is 1.00 e. The minimum atomic E-state index is -0.975. The second-order valence-electron chi connectivity index (χ2n) is 14.7. The monoisotopic (exact) mass is 854 g/mol. The fourth-order valence-electron chi connectivity index (χ4n) is 7.50. The minimum Gasteiger partial charge on any atom is -1.00 e. The number of aliphatic hydroxyl groups is 1. The van der Waals surface area contributed by atoms with E-state index in [0.717, 1.165) is 24.5 Å². The number of Topliss-reactive ketones (excluding diaryl/α,β-unsaturated/α-hetero) is 2. The number of nitrogens with zero attached hydrogens (tertiary/aromatic N) is 9.